The summed E-state index contributed by atoms with van der Waals surface area (Å²) in [5.41, 5.74) is 6.79. The molecule has 0 aliphatic heterocycles. The molecule has 5 nitrogen and oxygen atoms in total. The van der Waals surface area contributed by atoms with Crippen molar-refractivity contribution in [1.82, 2.24) is 10.3 Å². The molecule has 0 radical (unpaired) electrons. The fourth-order valence-corrected chi connectivity index (χ4v) is 1.41. The number of methoxy groups -OCH3 is 1. The molecule has 0 bridgehead atoms. The average Bonchev–Trinajstić information content (AvgIpc) is 2.38. The number of hydrogen-bond donors (Lipinski definition) is 2. The molecule has 1 amide bonds. The predicted octanol–water partition coefficient (Wildman–Crippen LogP) is 0.697. The first kappa shape index (κ1) is 13.6. The van der Waals surface area contributed by atoms with Gasteiger partial charge in [0.2, 0.25) is 0 Å². The van der Waals surface area contributed by atoms with Crippen molar-refractivity contribution in [3.63, 3.8) is 0 Å². The van der Waals surface area contributed by atoms with Gasteiger partial charge in [-0.05, 0) is 25.0 Å². The Morgan fingerprint density at radius 3 is 3.06 bits per heavy atom. The second-order valence-corrected chi connectivity index (χ2v) is 3.70. The van der Waals surface area contributed by atoms with E-state index in [9.17, 15) is 4.79 Å². The van der Waals surface area contributed by atoms with Crippen molar-refractivity contribution in [2.24, 2.45) is 5.73 Å². The number of unbranched alkanes of at least 4 members (excludes halogenated alkanes) is 1. The van der Waals surface area contributed by atoms with E-state index in [0.29, 0.717) is 18.7 Å². The van der Waals surface area contributed by atoms with Gasteiger partial charge in [0.05, 0.1) is 5.69 Å². The quantitative estimate of drug-likeness (QED) is 0.684. The molecule has 0 fully saturated rings. The Bertz CT molecular complexity index is 355. The van der Waals surface area contributed by atoms with Crippen LogP contribution < -0.4 is 11.1 Å². The highest BCUT2D eigenvalue weighted by Crippen LogP contribution is 2.01. The van der Waals surface area contributed by atoms with Crippen molar-refractivity contribution in [3.8, 4) is 0 Å². The molecular formula is C12H19N3O2. The number of aromatic nitrogens is 1. The van der Waals surface area contributed by atoms with E-state index < -0.39 is 0 Å². The zero-order valence-electron chi connectivity index (χ0n) is 10.1. The van der Waals surface area contributed by atoms with Crippen LogP contribution in [0.15, 0.2) is 18.3 Å². The van der Waals surface area contributed by atoms with Crippen molar-refractivity contribution in [1.29, 1.82) is 0 Å². The highest BCUT2D eigenvalue weighted by molar-refractivity contribution is 5.94. The Labute approximate surface area is 101 Å². The fraction of sp³-hybridized carbons (Fsp3) is 0.500. The summed E-state index contributed by atoms with van der Waals surface area (Å²) in [5, 5.41) is 2.85. The van der Waals surface area contributed by atoms with E-state index in [1.165, 1.54) is 0 Å². The fourth-order valence-electron chi connectivity index (χ4n) is 1.41. The minimum absolute atomic E-state index is 0.0838. The number of carbonyl (C=O) groups excluding carboxylic acids is 1. The lowest BCUT2D eigenvalue weighted by Gasteiger charge is -2.05. The Morgan fingerprint density at radius 2 is 2.35 bits per heavy atom. The van der Waals surface area contributed by atoms with Gasteiger partial charge in [-0.25, -0.2) is 0 Å². The molecule has 5 heteroatoms. The minimum atomic E-state index is -0.0838. The smallest absolute Gasteiger partial charge is 0.251 e. The molecule has 0 saturated carbocycles. The number of carbonyl (C=O) groups is 1. The highest BCUT2D eigenvalue weighted by atomic mass is 16.5. The number of ether oxygens (including phenoxy) is 1. The van der Waals surface area contributed by atoms with E-state index in [4.69, 9.17) is 10.5 Å². The Kier molecular flexibility index (Phi) is 6.21. The molecule has 3 N–H and O–H groups in total. The number of nitrogens with one attached hydrogen (secondary N) is 1. The SMILES string of the molecule is COCCCCNC(=O)c1ccnc(CN)c1. The molecule has 0 aromatic carbocycles. The third-order valence-corrected chi connectivity index (χ3v) is 2.35. The van der Waals surface area contributed by atoms with Gasteiger partial charge in [-0.3, -0.25) is 9.78 Å². The summed E-state index contributed by atoms with van der Waals surface area (Å²) in [5.74, 6) is -0.0838. The van der Waals surface area contributed by atoms with Crippen molar-refractivity contribution >= 4 is 5.91 Å². The lowest BCUT2D eigenvalue weighted by molar-refractivity contribution is 0.0951. The van der Waals surface area contributed by atoms with Crippen LogP contribution in [0.3, 0.4) is 0 Å². The number of pyridine rings is 1. The summed E-state index contributed by atoms with van der Waals surface area (Å²) in [6, 6.07) is 3.40. The molecule has 1 aromatic rings. The molecule has 1 heterocycles. The highest BCUT2D eigenvalue weighted by Gasteiger charge is 2.05. The van der Waals surface area contributed by atoms with Gasteiger partial charge in [0.25, 0.3) is 5.91 Å². The van der Waals surface area contributed by atoms with Crippen LogP contribution in [0.1, 0.15) is 28.9 Å². The monoisotopic (exact) mass is 237 g/mol. The maximum Gasteiger partial charge on any atom is 0.251 e. The number of rotatable bonds is 7. The van der Waals surface area contributed by atoms with E-state index in [2.05, 4.69) is 10.3 Å². The topological polar surface area (TPSA) is 77.2 Å². The zero-order chi connectivity index (χ0) is 12.5. The van der Waals surface area contributed by atoms with Crippen LogP contribution >= 0.6 is 0 Å². The predicted molar refractivity (Wildman–Crippen MR) is 65.6 cm³/mol. The summed E-state index contributed by atoms with van der Waals surface area (Å²) in [6.07, 6.45) is 3.46. The van der Waals surface area contributed by atoms with Crippen molar-refractivity contribution in [3.05, 3.63) is 29.6 Å². The van der Waals surface area contributed by atoms with Gasteiger partial charge in [0.1, 0.15) is 0 Å². The van der Waals surface area contributed by atoms with Gasteiger partial charge in [0, 0.05) is 38.6 Å². The molecule has 1 aromatic heterocycles. The van der Waals surface area contributed by atoms with Crippen molar-refractivity contribution < 1.29 is 9.53 Å². The molecule has 17 heavy (non-hydrogen) atoms. The van der Waals surface area contributed by atoms with Crippen LogP contribution in [-0.2, 0) is 11.3 Å². The van der Waals surface area contributed by atoms with Gasteiger partial charge >= 0.3 is 0 Å². The average molecular weight is 237 g/mol. The second-order valence-electron chi connectivity index (χ2n) is 3.70. The van der Waals surface area contributed by atoms with Crippen molar-refractivity contribution in [2.75, 3.05) is 20.3 Å². The van der Waals surface area contributed by atoms with Crippen LogP contribution in [0, 0.1) is 0 Å². The standard InChI is InChI=1S/C12H19N3O2/c1-17-7-3-2-5-15-12(16)10-4-6-14-11(8-10)9-13/h4,6,8H,2-3,5,7,9,13H2,1H3,(H,15,16). The van der Waals surface area contributed by atoms with Gasteiger partial charge in [-0.15, -0.1) is 0 Å². The molecule has 94 valence electrons. The molecule has 0 unspecified atom stereocenters. The normalized spacial score (nSPS) is 10.2. The van der Waals surface area contributed by atoms with E-state index in [-0.39, 0.29) is 5.91 Å². The van der Waals surface area contributed by atoms with Gasteiger partial charge in [0.15, 0.2) is 0 Å². The molecule has 0 saturated heterocycles. The van der Waals surface area contributed by atoms with Crippen LogP contribution in [0.5, 0.6) is 0 Å². The summed E-state index contributed by atoms with van der Waals surface area (Å²) >= 11 is 0. The van der Waals surface area contributed by atoms with E-state index >= 15 is 0 Å². The Morgan fingerprint density at radius 1 is 1.53 bits per heavy atom. The molecule has 0 aliphatic rings. The molecule has 0 spiro atoms. The third kappa shape index (κ3) is 4.93. The van der Waals surface area contributed by atoms with Crippen LogP contribution in [-0.4, -0.2) is 31.2 Å². The Balaban J connectivity index is 2.36. The van der Waals surface area contributed by atoms with Gasteiger partial charge < -0.3 is 15.8 Å². The van der Waals surface area contributed by atoms with Crippen molar-refractivity contribution in [2.45, 2.75) is 19.4 Å². The minimum Gasteiger partial charge on any atom is -0.385 e. The largest absolute Gasteiger partial charge is 0.385 e. The van der Waals surface area contributed by atoms with E-state index in [1.807, 2.05) is 0 Å². The first-order valence-electron chi connectivity index (χ1n) is 5.70. The number of amides is 1. The molecule has 0 aliphatic carbocycles. The first-order chi connectivity index (χ1) is 8.27. The summed E-state index contributed by atoms with van der Waals surface area (Å²) in [4.78, 5) is 15.8. The molecular weight excluding hydrogens is 218 g/mol. The molecule has 0 atom stereocenters. The van der Waals surface area contributed by atoms with E-state index in [1.54, 1.807) is 25.4 Å². The zero-order valence-corrected chi connectivity index (χ0v) is 10.1. The van der Waals surface area contributed by atoms with Crippen LogP contribution in [0.4, 0.5) is 0 Å². The number of nitrogens with two attached hydrogens (primary N) is 1. The first-order valence-corrected chi connectivity index (χ1v) is 5.70. The summed E-state index contributed by atoms with van der Waals surface area (Å²) in [6.45, 7) is 1.72. The number of hydrogen-bond acceptors (Lipinski definition) is 4. The Hall–Kier alpha value is -1.46. The summed E-state index contributed by atoms with van der Waals surface area (Å²) in [7, 11) is 1.67. The van der Waals surface area contributed by atoms with E-state index in [0.717, 1.165) is 25.1 Å². The maximum absolute atomic E-state index is 11.7. The maximum atomic E-state index is 11.7. The second kappa shape index (κ2) is 7.76. The van der Waals surface area contributed by atoms with Crippen LogP contribution in [0.2, 0.25) is 0 Å². The third-order valence-electron chi connectivity index (χ3n) is 2.35. The van der Waals surface area contributed by atoms with Gasteiger partial charge in [-0.1, -0.05) is 0 Å². The van der Waals surface area contributed by atoms with Crippen LogP contribution in [0.25, 0.3) is 0 Å². The van der Waals surface area contributed by atoms with Gasteiger partial charge in [-0.2, -0.15) is 0 Å². The lowest BCUT2D eigenvalue weighted by atomic mass is 10.2. The molecule has 1 rings (SSSR count). The number of nitrogens with zero attached hydrogens (tertiary/aromatic N) is 1. The lowest BCUT2D eigenvalue weighted by Crippen LogP contribution is -2.24. The summed E-state index contributed by atoms with van der Waals surface area (Å²) < 4.78 is 4.93.